The number of hydrogen-bond acceptors (Lipinski definition) is 4. The molecule has 24 heavy (non-hydrogen) atoms. The first-order chi connectivity index (χ1) is 11.6. The zero-order chi connectivity index (χ0) is 16.9. The fourth-order valence-corrected chi connectivity index (χ4v) is 3.04. The van der Waals surface area contributed by atoms with Crippen LogP contribution in [0.5, 0.6) is 0 Å². The molecule has 0 atom stereocenters. The Balaban J connectivity index is 1.49. The van der Waals surface area contributed by atoms with Gasteiger partial charge in [0, 0.05) is 37.4 Å². The van der Waals surface area contributed by atoms with Crippen LogP contribution in [0.25, 0.3) is 0 Å². The molecule has 1 heterocycles. The van der Waals surface area contributed by atoms with Gasteiger partial charge in [0.15, 0.2) is 0 Å². The monoisotopic (exact) mass is 331 g/mol. The zero-order valence-corrected chi connectivity index (χ0v) is 14.2. The van der Waals surface area contributed by atoms with Gasteiger partial charge in [-0.1, -0.05) is 6.42 Å². The van der Waals surface area contributed by atoms with Crippen molar-refractivity contribution in [1.82, 2.24) is 4.90 Å². The van der Waals surface area contributed by atoms with Crippen molar-refractivity contribution in [2.24, 2.45) is 5.92 Å². The van der Waals surface area contributed by atoms with Gasteiger partial charge in [-0.25, -0.2) is 0 Å². The molecule has 0 radical (unpaired) electrons. The van der Waals surface area contributed by atoms with Crippen molar-refractivity contribution in [3.8, 4) is 0 Å². The Bertz CT molecular complexity index is 578. The Kier molecular flexibility index (Phi) is 5.35. The van der Waals surface area contributed by atoms with Crippen LogP contribution in [0.2, 0.25) is 0 Å². The average molecular weight is 331 g/mol. The van der Waals surface area contributed by atoms with Crippen LogP contribution in [0.15, 0.2) is 24.3 Å². The molecule has 1 saturated heterocycles. The first-order valence-electron chi connectivity index (χ1n) is 8.61. The normalized spacial score (nSPS) is 18.0. The molecular formula is C18H25N3O3. The molecule has 6 heteroatoms. The van der Waals surface area contributed by atoms with Crippen LogP contribution in [-0.4, -0.2) is 56.6 Å². The second-order valence-corrected chi connectivity index (χ2v) is 6.52. The van der Waals surface area contributed by atoms with Crippen molar-refractivity contribution in [3.63, 3.8) is 0 Å². The van der Waals surface area contributed by atoms with E-state index >= 15 is 0 Å². The number of hydrogen-bond donors (Lipinski definition) is 1. The van der Waals surface area contributed by atoms with Crippen molar-refractivity contribution in [2.45, 2.75) is 19.3 Å². The van der Waals surface area contributed by atoms with E-state index in [1.807, 2.05) is 24.3 Å². The Labute approximate surface area is 142 Å². The van der Waals surface area contributed by atoms with Crippen LogP contribution < -0.4 is 10.2 Å². The molecule has 0 unspecified atom stereocenters. The molecule has 0 aromatic heterocycles. The lowest BCUT2D eigenvalue weighted by molar-refractivity contribution is -0.139. The van der Waals surface area contributed by atoms with Gasteiger partial charge in [-0.05, 0) is 37.1 Å². The summed E-state index contributed by atoms with van der Waals surface area (Å²) in [4.78, 5) is 28.0. The maximum atomic E-state index is 12.1. The number of carbonyl (C=O) groups excluding carboxylic acids is 2. The van der Waals surface area contributed by atoms with Crippen molar-refractivity contribution in [3.05, 3.63) is 24.3 Å². The highest BCUT2D eigenvalue weighted by Crippen LogP contribution is 2.27. The van der Waals surface area contributed by atoms with Gasteiger partial charge >= 0.3 is 0 Å². The average Bonchev–Trinajstić information content (AvgIpc) is 2.54. The van der Waals surface area contributed by atoms with E-state index in [-0.39, 0.29) is 24.3 Å². The molecule has 2 fully saturated rings. The molecule has 1 saturated carbocycles. The minimum absolute atomic E-state index is 0.0825. The second kappa shape index (κ2) is 7.66. The van der Waals surface area contributed by atoms with Crippen molar-refractivity contribution in [2.75, 3.05) is 50.1 Å². The number of rotatable bonds is 5. The van der Waals surface area contributed by atoms with E-state index in [9.17, 15) is 9.59 Å². The smallest absolute Gasteiger partial charge is 0.243 e. The van der Waals surface area contributed by atoms with Gasteiger partial charge in [0.1, 0.15) is 0 Å². The SMILES string of the molecule is CN(CC(=O)Nc1ccc(N2CCOCC2)cc1)C(=O)C1CCC1. The molecule has 2 amide bonds. The summed E-state index contributed by atoms with van der Waals surface area (Å²) < 4.78 is 5.35. The number of likely N-dealkylation sites (N-methyl/N-ethyl adjacent to an activating group) is 1. The second-order valence-electron chi connectivity index (χ2n) is 6.52. The zero-order valence-electron chi connectivity index (χ0n) is 14.2. The molecule has 2 aliphatic rings. The fraction of sp³-hybridized carbons (Fsp3) is 0.556. The van der Waals surface area contributed by atoms with Crippen molar-refractivity contribution < 1.29 is 14.3 Å². The maximum Gasteiger partial charge on any atom is 0.243 e. The third-order valence-corrected chi connectivity index (χ3v) is 4.74. The molecule has 6 nitrogen and oxygen atoms in total. The van der Waals surface area contributed by atoms with Crippen LogP contribution in [0.4, 0.5) is 11.4 Å². The summed E-state index contributed by atoms with van der Waals surface area (Å²) in [5.74, 6) is 0.0407. The molecule has 1 aliphatic carbocycles. The number of benzene rings is 1. The molecule has 3 rings (SSSR count). The summed E-state index contributed by atoms with van der Waals surface area (Å²) >= 11 is 0. The number of nitrogens with zero attached hydrogens (tertiary/aromatic N) is 2. The minimum atomic E-state index is -0.163. The quantitative estimate of drug-likeness (QED) is 0.892. The molecule has 1 aliphatic heterocycles. The Hall–Kier alpha value is -2.08. The molecule has 1 N–H and O–H groups in total. The maximum absolute atomic E-state index is 12.1. The van der Waals surface area contributed by atoms with E-state index in [4.69, 9.17) is 4.74 Å². The highest BCUT2D eigenvalue weighted by atomic mass is 16.5. The summed E-state index contributed by atoms with van der Waals surface area (Å²) in [6.45, 7) is 3.37. The predicted molar refractivity (Wildman–Crippen MR) is 93.1 cm³/mol. The Morgan fingerprint density at radius 2 is 1.88 bits per heavy atom. The highest BCUT2D eigenvalue weighted by Gasteiger charge is 2.28. The number of morpholine rings is 1. The summed E-state index contributed by atoms with van der Waals surface area (Å²) in [5, 5.41) is 2.86. The standard InChI is InChI=1S/C18H25N3O3/c1-20(18(23)14-3-2-4-14)13-17(22)19-15-5-7-16(8-6-15)21-9-11-24-12-10-21/h5-8,14H,2-4,9-13H2,1H3,(H,19,22). The van der Waals surface area contributed by atoms with Crippen LogP contribution in [0, 0.1) is 5.92 Å². The van der Waals surface area contributed by atoms with E-state index in [2.05, 4.69) is 10.2 Å². The van der Waals surface area contributed by atoms with Crippen LogP contribution in [-0.2, 0) is 14.3 Å². The van der Waals surface area contributed by atoms with Crippen LogP contribution in [0.3, 0.4) is 0 Å². The van der Waals surface area contributed by atoms with Crippen molar-refractivity contribution in [1.29, 1.82) is 0 Å². The van der Waals surface area contributed by atoms with Gasteiger partial charge in [0.05, 0.1) is 19.8 Å². The number of anilines is 2. The Morgan fingerprint density at radius 1 is 1.21 bits per heavy atom. The highest BCUT2D eigenvalue weighted by molar-refractivity contribution is 5.95. The molecule has 1 aromatic rings. The molecular weight excluding hydrogens is 306 g/mol. The summed E-state index contributed by atoms with van der Waals surface area (Å²) in [6.07, 6.45) is 3.02. The van der Waals surface area contributed by atoms with E-state index in [0.29, 0.717) is 0 Å². The van der Waals surface area contributed by atoms with Crippen LogP contribution in [0.1, 0.15) is 19.3 Å². The third-order valence-electron chi connectivity index (χ3n) is 4.74. The third kappa shape index (κ3) is 4.06. The number of amides is 2. The number of nitrogens with one attached hydrogen (secondary N) is 1. The molecule has 1 aromatic carbocycles. The first-order valence-corrected chi connectivity index (χ1v) is 8.61. The summed E-state index contributed by atoms with van der Waals surface area (Å²) in [7, 11) is 1.70. The lowest BCUT2D eigenvalue weighted by Crippen LogP contribution is -2.40. The molecule has 0 bridgehead atoms. The molecule has 130 valence electrons. The Morgan fingerprint density at radius 3 is 2.46 bits per heavy atom. The van der Waals surface area contributed by atoms with Gasteiger partial charge in [0.25, 0.3) is 0 Å². The van der Waals surface area contributed by atoms with E-state index in [1.165, 1.54) is 4.90 Å². The largest absolute Gasteiger partial charge is 0.378 e. The lowest BCUT2D eigenvalue weighted by Gasteiger charge is -2.29. The summed E-state index contributed by atoms with van der Waals surface area (Å²) in [6, 6.07) is 7.81. The van der Waals surface area contributed by atoms with Crippen LogP contribution >= 0.6 is 0 Å². The van der Waals surface area contributed by atoms with E-state index in [1.54, 1.807) is 7.05 Å². The molecule has 0 spiro atoms. The van der Waals surface area contributed by atoms with Gasteiger partial charge in [-0.3, -0.25) is 9.59 Å². The van der Waals surface area contributed by atoms with Gasteiger partial charge in [-0.15, -0.1) is 0 Å². The van der Waals surface area contributed by atoms with Gasteiger partial charge < -0.3 is 19.9 Å². The van der Waals surface area contributed by atoms with Crippen molar-refractivity contribution >= 4 is 23.2 Å². The summed E-state index contributed by atoms with van der Waals surface area (Å²) in [5.41, 5.74) is 1.88. The van der Waals surface area contributed by atoms with Gasteiger partial charge in [0.2, 0.25) is 11.8 Å². The predicted octanol–water partition coefficient (Wildman–Crippen LogP) is 1.72. The fourth-order valence-electron chi connectivity index (χ4n) is 3.04. The lowest BCUT2D eigenvalue weighted by atomic mass is 9.84. The first kappa shape index (κ1) is 16.8. The number of ether oxygens (including phenoxy) is 1. The van der Waals surface area contributed by atoms with E-state index in [0.717, 1.165) is 56.9 Å². The minimum Gasteiger partial charge on any atom is -0.378 e. The number of carbonyl (C=O) groups is 2. The topological polar surface area (TPSA) is 61.9 Å². The van der Waals surface area contributed by atoms with E-state index < -0.39 is 0 Å². The van der Waals surface area contributed by atoms with Gasteiger partial charge in [-0.2, -0.15) is 0 Å².